The molecule has 0 amide bonds. The Hall–Kier alpha value is -1.90. The van der Waals surface area contributed by atoms with Crippen molar-refractivity contribution in [2.24, 2.45) is 10.5 Å². The van der Waals surface area contributed by atoms with Gasteiger partial charge in [-0.15, -0.1) is 0 Å². The maximum Gasteiger partial charge on any atom is 0.158 e. The molecule has 0 saturated heterocycles. The van der Waals surface area contributed by atoms with Crippen molar-refractivity contribution in [3.63, 3.8) is 0 Å². The molecular weight excluding hydrogens is 260 g/mol. The lowest BCUT2D eigenvalue weighted by molar-refractivity contribution is -0.116. The van der Waals surface area contributed by atoms with Crippen LogP contribution in [0.15, 0.2) is 22.8 Å². The molecule has 0 radical (unpaired) electrons. The van der Waals surface area contributed by atoms with Crippen LogP contribution in [-0.2, 0) is 17.8 Å². The van der Waals surface area contributed by atoms with Gasteiger partial charge in [0.15, 0.2) is 5.78 Å². The number of fused-ring (bicyclic) bond motifs is 5. The first-order valence-electron chi connectivity index (χ1n) is 7.82. The molecule has 1 N–H and O–H groups in total. The predicted molar refractivity (Wildman–Crippen MR) is 84.1 cm³/mol. The van der Waals surface area contributed by atoms with Crippen molar-refractivity contribution in [3.8, 4) is 0 Å². The summed E-state index contributed by atoms with van der Waals surface area (Å²) >= 11 is 0. The number of hydrazone groups is 1. The topological polar surface area (TPSA) is 41.5 Å². The molecule has 0 unspecified atom stereocenters. The van der Waals surface area contributed by atoms with Gasteiger partial charge in [-0.05, 0) is 54.0 Å². The molecule has 0 spiro atoms. The van der Waals surface area contributed by atoms with Crippen LogP contribution in [0.5, 0.6) is 0 Å². The quantitative estimate of drug-likeness (QED) is 0.858. The fourth-order valence-corrected chi connectivity index (χ4v) is 4.38. The summed E-state index contributed by atoms with van der Waals surface area (Å²) in [5.74, 6) is 0.329. The Labute approximate surface area is 125 Å². The SMILES string of the molecule is CC[C@]12CCC(=O)C(C)=C1c1ccc3c(c1C2)C=NNC3. The Morgan fingerprint density at radius 3 is 3.05 bits per heavy atom. The molecule has 3 heteroatoms. The third kappa shape index (κ3) is 1.60. The first-order valence-corrected chi connectivity index (χ1v) is 7.82. The number of rotatable bonds is 1. The average Bonchev–Trinajstić information content (AvgIpc) is 2.87. The minimum absolute atomic E-state index is 0.175. The number of nitrogens with one attached hydrogen (secondary N) is 1. The molecule has 1 aliphatic heterocycles. The van der Waals surface area contributed by atoms with Crippen molar-refractivity contribution in [1.82, 2.24) is 5.43 Å². The number of nitrogens with zero attached hydrogens (tertiary/aromatic N) is 1. The van der Waals surface area contributed by atoms with Crippen molar-refractivity contribution >= 4 is 17.6 Å². The molecule has 2 aliphatic carbocycles. The van der Waals surface area contributed by atoms with Gasteiger partial charge in [0.05, 0.1) is 12.8 Å². The van der Waals surface area contributed by atoms with E-state index < -0.39 is 0 Å². The number of hydrogen-bond acceptors (Lipinski definition) is 3. The highest BCUT2D eigenvalue weighted by molar-refractivity contribution is 6.06. The molecule has 3 aliphatic rings. The van der Waals surface area contributed by atoms with E-state index in [0.717, 1.165) is 31.4 Å². The number of carbonyl (C=O) groups is 1. The van der Waals surface area contributed by atoms with Crippen LogP contribution >= 0.6 is 0 Å². The Kier molecular flexibility index (Phi) is 2.62. The van der Waals surface area contributed by atoms with Crippen molar-refractivity contribution < 1.29 is 4.79 Å². The van der Waals surface area contributed by atoms with Crippen molar-refractivity contribution in [3.05, 3.63) is 40.0 Å². The minimum Gasteiger partial charge on any atom is -0.306 e. The number of ketones is 1. The smallest absolute Gasteiger partial charge is 0.158 e. The summed E-state index contributed by atoms with van der Waals surface area (Å²) in [5.41, 5.74) is 10.8. The molecule has 1 heterocycles. The van der Waals surface area contributed by atoms with Crippen molar-refractivity contribution in [1.29, 1.82) is 0 Å². The molecule has 1 aromatic carbocycles. The zero-order valence-corrected chi connectivity index (χ0v) is 12.6. The van der Waals surface area contributed by atoms with Crippen LogP contribution in [-0.4, -0.2) is 12.0 Å². The number of hydrogen-bond donors (Lipinski definition) is 1. The molecule has 0 fully saturated rings. The van der Waals surface area contributed by atoms with Gasteiger partial charge < -0.3 is 5.43 Å². The van der Waals surface area contributed by atoms with Crippen molar-refractivity contribution in [2.75, 3.05) is 0 Å². The zero-order chi connectivity index (χ0) is 14.6. The predicted octanol–water partition coefficient (Wildman–Crippen LogP) is 3.21. The lowest BCUT2D eigenvalue weighted by Gasteiger charge is -2.34. The second-order valence-electron chi connectivity index (χ2n) is 6.49. The van der Waals surface area contributed by atoms with E-state index in [2.05, 4.69) is 29.6 Å². The summed E-state index contributed by atoms with van der Waals surface area (Å²) in [6.07, 6.45) is 5.82. The lowest BCUT2D eigenvalue weighted by atomic mass is 9.68. The molecule has 0 saturated carbocycles. The van der Waals surface area contributed by atoms with Gasteiger partial charge in [-0.1, -0.05) is 19.1 Å². The molecular formula is C18H20N2O. The number of allylic oxidation sites excluding steroid dienone is 2. The van der Waals surface area contributed by atoms with Crippen LogP contribution in [0.3, 0.4) is 0 Å². The molecule has 4 rings (SSSR count). The zero-order valence-electron chi connectivity index (χ0n) is 12.6. The van der Waals surface area contributed by atoms with Crippen LogP contribution in [0.1, 0.15) is 55.4 Å². The van der Waals surface area contributed by atoms with Crippen LogP contribution in [0.25, 0.3) is 5.57 Å². The summed E-state index contributed by atoms with van der Waals surface area (Å²) in [7, 11) is 0. The molecule has 1 atom stereocenters. The summed E-state index contributed by atoms with van der Waals surface area (Å²) < 4.78 is 0. The maximum absolute atomic E-state index is 12.2. The molecule has 0 bridgehead atoms. The van der Waals surface area contributed by atoms with Gasteiger partial charge in [-0.3, -0.25) is 4.79 Å². The number of carbonyl (C=O) groups excluding carboxylic acids is 1. The van der Waals surface area contributed by atoms with E-state index in [4.69, 9.17) is 0 Å². The number of Topliss-reactive ketones (excluding diaryl/α,β-unsaturated/α-hetero) is 1. The molecule has 1 aromatic rings. The Bertz CT molecular complexity index is 714. The maximum atomic E-state index is 12.2. The third-order valence-electron chi connectivity index (χ3n) is 5.62. The van der Waals surface area contributed by atoms with Crippen LogP contribution < -0.4 is 5.43 Å². The van der Waals surface area contributed by atoms with E-state index in [-0.39, 0.29) is 5.41 Å². The van der Waals surface area contributed by atoms with Crippen LogP contribution in [0, 0.1) is 5.41 Å². The van der Waals surface area contributed by atoms with Crippen LogP contribution in [0.4, 0.5) is 0 Å². The molecule has 21 heavy (non-hydrogen) atoms. The largest absolute Gasteiger partial charge is 0.306 e. The van der Waals surface area contributed by atoms with E-state index in [1.165, 1.54) is 27.8 Å². The number of benzene rings is 1. The average molecular weight is 280 g/mol. The Morgan fingerprint density at radius 2 is 2.24 bits per heavy atom. The van der Waals surface area contributed by atoms with Gasteiger partial charge in [-0.25, -0.2) is 0 Å². The van der Waals surface area contributed by atoms with E-state index in [1.54, 1.807) is 0 Å². The van der Waals surface area contributed by atoms with Gasteiger partial charge >= 0.3 is 0 Å². The first-order chi connectivity index (χ1) is 10.2. The van der Waals surface area contributed by atoms with E-state index in [0.29, 0.717) is 12.2 Å². The van der Waals surface area contributed by atoms with Gasteiger partial charge in [-0.2, -0.15) is 5.10 Å². The molecule has 3 nitrogen and oxygen atoms in total. The summed E-state index contributed by atoms with van der Waals surface area (Å²) in [6, 6.07) is 4.42. The third-order valence-corrected chi connectivity index (χ3v) is 5.62. The summed E-state index contributed by atoms with van der Waals surface area (Å²) in [5, 5.41) is 4.24. The van der Waals surface area contributed by atoms with Gasteiger partial charge in [0.25, 0.3) is 0 Å². The molecule has 0 aromatic heterocycles. The lowest BCUT2D eigenvalue weighted by Crippen LogP contribution is -2.27. The van der Waals surface area contributed by atoms with E-state index in [9.17, 15) is 4.79 Å². The first kappa shape index (κ1) is 12.8. The highest BCUT2D eigenvalue weighted by Crippen LogP contribution is 2.56. The van der Waals surface area contributed by atoms with Gasteiger partial charge in [0.1, 0.15) is 0 Å². The molecule has 108 valence electrons. The highest BCUT2D eigenvalue weighted by Gasteiger charge is 2.45. The monoisotopic (exact) mass is 280 g/mol. The van der Waals surface area contributed by atoms with Crippen molar-refractivity contribution in [2.45, 2.75) is 46.1 Å². The summed E-state index contributed by atoms with van der Waals surface area (Å²) in [6.45, 7) is 5.08. The second kappa shape index (κ2) is 4.30. The minimum atomic E-state index is 0.175. The van der Waals surface area contributed by atoms with Crippen LogP contribution in [0.2, 0.25) is 0 Å². The Balaban J connectivity index is 2.00. The van der Waals surface area contributed by atoms with Gasteiger partial charge in [0.2, 0.25) is 0 Å². The van der Waals surface area contributed by atoms with E-state index in [1.807, 2.05) is 13.1 Å². The standard InChI is InChI=1S/C18H20N2O/c1-3-18-7-6-16(21)11(2)17(18)13-5-4-12-9-19-20-10-15(12)14(13)8-18/h4-5,10,19H,3,6-9H2,1-2H3/t18-/m1/s1. The summed E-state index contributed by atoms with van der Waals surface area (Å²) in [4.78, 5) is 12.2. The Morgan fingerprint density at radius 1 is 1.38 bits per heavy atom. The fraction of sp³-hybridized carbons (Fsp3) is 0.444. The van der Waals surface area contributed by atoms with E-state index >= 15 is 0 Å². The fourth-order valence-electron chi connectivity index (χ4n) is 4.38. The highest BCUT2D eigenvalue weighted by atomic mass is 16.1. The normalized spacial score (nSPS) is 26.3. The second-order valence-corrected chi connectivity index (χ2v) is 6.49. The van der Waals surface area contributed by atoms with Gasteiger partial charge in [0, 0.05) is 17.4 Å².